The first-order valence-electron chi connectivity index (χ1n) is 7.36. The zero-order valence-corrected chi connectivity index (χ0v) is 12.0. The van der Waals surface area contributed by atoms with Crippen molar-refractivity contribution in [1.29, 1.82) is 0 Å². The van der Waals surface area contributed by atoms with E-state index in [0.717, 1.165) is 6.54 Å². The SMILES string of the molecule is Nc1nc(-c2ccn(CC3CCCCC3)n2)nc(N)c1N. The van der Waals surface area contributed by atoms with Gasteiger partial charge in [0.1, 0.15) is 11.4 Å². The van der Waals surface area contributed by atoms with Gasteiger partial charge in [0.2, 0.25) is 0 Å². The van der Waals surface area contributed by atoms with Crippen LogP contribution in [0.1, 0.15) is 32.1 Å². The van der Waals surface area contributed by atoms with Crippen molar-refractivity contribution in [2.75, 3.05) is 17.2 Å². The van der Waals surface area contributed by atoms with Crippen LogP contribution in [0.4, 0.5) is 17.3 Å². The summed E-state index contributed by atoms with van der Waals surface area (Å²) in [4.78, 5) is 8.30. The van der Waals surface area contributed by atoms with Crippen molar-refractivity contribution in [3.05, 3.63) is 12.3 Å². The second-order valence-electron chi connectivity index (χ2n) is 5.66. The Hall–Kier alpha value is -2.31. The van der Waals surface area contributed by atoms with Crippen LogP contribution in [0.3, 0.4) is 0 Å². The molecular weight excluding hydrogens is 266 g/mol. The maximum Gasteiger partial charge on any atom is 0.184 e. The zero-order chi connectivity index (χ0) is 14.8. The Labute approximate surface area is 123 Å². The number of hydrogen-bond donors (Lipinski definition) is 3. The minimum absolute atomic E-state index is 0.194. The van der Waals surface area contributed by atoms with Crippen molar-refractivity contribution in [1.82, 2.24) is 19.7 Å². The third-order valence-electron chi connectivity index (χ3n) is 4.04. The molecule has 0 unspecified atom stereocenters. The Kier molecular flexibility index (Phi) is 3.64. The van der Waals surface area contributed by atoms with E-state index in [1.54, 1.807) is 0 Å². The van der Waals surface area contributed by atoms with Crippen molar-refractivity contribution < 1.29 is 0 Å². The molecule has 1 aliphatic rings. The summed E-state index contributed by atoms with van der Waals surface area (Å²) in [5.74, 6) is 1.52. The van der Waals surface area contributed by atoms with E-state index < -0.39 is 0 Å². The van der Waals surface area contributed by atoms with Gasteiger partial charge in [-0.05, 0) is 24.8 Å². The van der Waals surface area contributed by atoms with E-state index in [0.29, 0.717) is 17.4 Å². The Morgan fingerprint density at radius 1 is 1.05 bits per heavy atom. The molecule has 0 aliphatic heterocycles. The molecule has 0 radical (unpaired) electrons. The molecule has 1 aliphatic carbocycles. The van der Waals surface area contributed by atoms with Gasteiger partial charge in [0, 0.05) is 12.7 Å². The predicted molar refractivity (Wildman–Crippen MR) is 83.1 cm³/mol. The Morgan fingerprint density at radius 3 is 2.38 bits per heavy atom. The van der Waals surface area contributed by atoms with E-state index in [2.05, 4.69) is 15.1 Å². The first-order valence-corrected chi connectivity index (χ1v) is 7.36. The minimum atomic E-state index is 0.194. The lowest BCUT2D eigenvalue weighted by atomic mass is 9.89. The molecule has 7 nitrogen and oxygen atoms in total. The van der Waals surface area contributed by atoms with Gasteiger partial charge in [-0.25, -0.2) is 9.97 Å². The summed E-state index contributed by atoms with van der Waals surface area (Å²) in [7, 11) is 0. The molecule has 2 aromatic heterocycles. The smallest absolute Gasteiger partial charge is 0.184 e. The summed E-state index contributed by atoms with van der Waals surface area (Å²) >= 11 is 0. The van der Waals surface area contributed by atoms with Crippen LogP contribution < -0.4 is 17.2 Å². The van der Waals surface area contributed by atoms with E-state index in [9.17, 15) is 0 Å². The van der Waals surface area contributed by atoms with Crippen LogP contribution in [0, 0.1) is 5.92 Å². The van der Waals surface area contributed by atoms with E-state index >= 15 is 0 Å². The zero-order valence-electron chi connectivity index (χ0n) is 12.0. The molecule has 112 valence electrons. The number of hydrogen-bond acceptors (Lipinski definition) is 6. The first-order chi connectivity index (χ1) is 10.1. The molecule has 1 fully saturated rings. The monoisotopic (exact) mass is 287 g/mol. The van der Waals surface area contributed by atoms with Gasteiger partial charge in [0.05, 0.1) is 0 Å². The van der Waals surface area contributed by atoms with E-state index in [4.69, 9.17) is 17.2 Å². The van der Waals surface area contributed by atoms with Gasteiger partial charge in [0.25, 0.3) is 0 Å². The lowest BCUT2D eigenvalue weighted by Gasteiger charge is -2.21. The molecule has 6 N–H and O–H groups in total. The lowest BCUT2D eigenvalue weighted by Crippen LogP contribution is -2.14. The molecule has 0 saturated heterocycles. The fourth-order valence-corrected chi connectivity index (χ4v) is 2.84. The molecular formula is C14H21N7. The van der Waals surface area contributed by atoms with Crippen LogP contribution in [0.15, 0.2) is 12.3 Å². The molecule has 2 heterocycles. The minimum Gasteiger partial charge on any atom is -0.393 e. The summed E-state index contributed by atoms with van der Waals surface area (Å²) in [5.41, 5.74) is 18.0. The molecule has 0 spiro atoms. The van der Waals surface area contributed by atoms with E-state index in [1.807, 2.05) is 16.9 Å². The van der Waals surface area contributed by atoms with Crippen LogP contribution in [-0.2, 0) is 6.54 Å². The van der Waals surface area contributed by atoms with Crippen molar-refractivity contribution in [3.63, 3.8) is 0 Å². The number of nitrogens with two attached hydrogens (primary N) is 3. The number of aromatic nitrogens is 4. The molecule has 0 atom stereocenters. The van der Waals surface area contributed by atoms with E-state index in [-0.39, 0.29) is 17.3 Å². The second-order valence-corrected chi connectivity index (χ2v) is 5.66. The van der Waals surface area contributed by atoms with E-state index in [1.165, 1.54) is 32.1 Å². The first kappa shape index (κ1) is 13.7. The van der Waals surface area contributed by atoms with Gasteiger partial charge in [-0.3, -0.25) is 4.68 Å². The molecule has 2 aromatic rings. The van der Waals surface area contributed by atoms with Crippen LogP contribution in [-0.4, -0.2) is 19.7 Å². The molecule has 21 heavy (non-hydrogen) atoms. The highest BCUT2D eigenvalue weighted by Crippen LogP contribution is 2.26. The van der Waals surface area contributed by atoms with Gasteiger partial charge in [-0.2, -0.15) is 5.10 Å². The Morgan fingerprint density at radius 2 is 1.71 bits per heavy atom. The summed E-state index contributed by atoms with van der Waals surface area (Å²) < 4.78 is 1.96. The third kappa shape index (κ3) is 2.91. The quantitative estimate of drug-likeness (QED) is 0.789. The highest BCUT2D eigenvalue weighted by atomic mass is 15.3. The Bertz CT molecular complexity index is 605. The molecule has 7 heteroatoms. The average molecular weight is 287 g/mol. The summed E-state index contributed by atoms with van der Waals surface area (Å²) in [6.45, 7) is 0.944. The number of nitrogen functional groups attached to an aromatic ring is 3. The number of anilines is 3. The van der Waals surface area contributed by atoms with Gasteiger partial charge in [-0.1, -0.05) is 19.3 Å². The molecule has 3 rings (SSSR count). The van der Waals surface area contributed by atoms with Crippen LogP contribution >= 0.6 is 0 Å². The Balaban J connectivity index is 1.78. The lowest BCUT2D eigenvalue weighted by molar-refractivity contribution is 0.308. The summed E-state index contributed by atoms with van der Waals surface area (Å²) in [5, 5.41) is 4.53. The fourth-order valence-electron chi connectivity index (χ4n) is 2.84. The standard InChI is InChI=1S/C14H21N7/c15-11-12(16)18-14(19-13(11)17)10-6-7-21(20-10)8-9-4-2-1-3-5-9/h6-7,9H,1-5,8,15H2,(H4,16,17,18,19). The molecule has 0 bridgehead atoms. The topological polar surface area (TPSA) is 122 Å². The highest BCUT2D eigenvalue weighted by molar-refractivity contribution is 5.73. The van der Waals surface area contributed by atoms with Crippen LogP contribution in [0.5, 0.6) is 0 Å². The van der Waals surface area contributed by atoms with Crippen molar-refractivity contribution >= 4 is 17.3 Å². The van der Waals surface area contributed by atoms with Gasteiger partial charge in [-0.15, -0.1) is 0 Å². The summed E-state index contributed by atoms with van der Waals surface area (Å²) in [6, 6.07) is 1.88. The van der Waals surface area contributed by atoms with Crippen LogP contribution in [0.25, 0.3) is 11.5 Å². The highest BCUT2D eigenvalue weighted by Gasteiger charge is 2.16. The van der Waals surface area contributed by atoms with Crippen LogP contribution in [0.2, 0.25) is 0 Å². The third-order valence-corrected chi connectivity index (χ3v) is 4.04. The normalized spacial score (nSPS) is 16.2. The van der Waals surface area contributed by atoms with Gasteiger partial charge >= 0.3 is 0 Å². The average Bonchev–Trinajstić information content (AvgIpc) is 2.94. The van der Waals surface area contributed by atoms with Gasteiger partial charge < -0.3 is 17.2 Å². The van der Waals surface area contributed by atoms with Gasteiger partial charge in [0.15, 0.2) is 17.5 Å². The van der Waals surface area contributed by atoms with Crippen molar-refractivity contribution in [2.24, 2.45) is 5.92 Å². The number of rotatable bonds is 3. The maximum absolute atomic E-state index is 5.72. The fraction of sp³-hybridized carbons (Fsp3) is 0.500. The molecule has 0 aromatic carbocycles. The maximum atomic E-state index is 5.72. The molecule has 0 amide bonds. The van der Waals surface area contributed by atoms with Crippen molar-refractivity contribution in [2.45, 2.75) is 38.6 Å². The predicted octanol–water partition coefficient (Wildman–Crippen LogP) is 1.67. The summed E-state index contributed by atoms with van der Waals surface area (Å²) in [6.07, 6.45) is 8.54. The number of nitrogens with zero attached hydrogens (tertiary/aromatic N) is 4. The molecule has 1 saturated carbocycles. The second kappa shape index (κ2) is 5.59. The largest absolute Gasteiger partial charge is 0.393 e. The van der Waals surface area contributed by atoms with Crippen molar-refractivity contribution in [3.8, 4) is 11.5 Å².